The minimum absolute atomic E-state index is 0.736. The fourth-order valence-corrected chi connectivity index (χ4v) is 3.76. The second-order valence-corrected chi connectivity index (χ2v) is 6.28. The lowest BCUT2D eigenvalue weighted by Gasteiger charge is -2.33. The molecule has 0 radical (unpaired) electrons. The summed E-state index contributed by atoms with van der Waals surface area (Å²) < 4.78 is 0. The number of piperidine rings is 1. The van der Waals surface area contributed by atoms with Crippen molar-refractivity contribution in [2.75, 3.05) is 6.54 Å². The lowest BCUT2D eigenvalue weighted by molar-refractivity contribution is 0.286. The van der Waals surface area contributed by atoms with Gasteiger partial charge in [-0.25, -0.2) is 0 Å². The summed E-state index contributed by atoms with van der Waals surface area (Å²) in [5.74, 6) is 1.73. The summed E-state index contributed by atoms with van der Waals surface area (Å²) in [6.07, 6.45) is 8.27. The van der Waals surface area contributed by atoms with E-state index in [9.17, 15) is 0 Å². The highest BCUT2D eigenvalue weighted by molar-refractivity contribution is 5.32. The van der Waals surface area contributed by atoms with E-state index in [-0.39, 0.29) is 0 Å². The van der Waals surface area contributed by atoms with Crippen LogP contribution >= 0.6 is 0 Å². The zero-order chi connectivity index (χ0) is 12.4. The molecule has 0 spiro atoms. The molecule has 1 heterocycles. The van der Waals surface area contributed by atoms with Crippen LogP contribution in [-0.2, 0) is 6.42 Å². The molecule has 3 rings (SSSR count). The van der Waals surface area contributed by atoms with Crippen LogP contribution in [0.3, 0.4) is 0 Å². The van der Waals surface area contributed by atoms with Crippen LogP contribution in [0.15, 0.2) is 24.3 Å². The van der Waals surface area contributed by atoms with Crippen LogP contribution in [0.4, 0.5) is 0 Å². The van der Waals surface area contributed by atoms with E-state index in [1.807, 2.05) is 0 Å². The van der Waals surface area contributed by atoms with Crippen LogP contribution in [0.2, 0.25) is 0 Å². The Morgan fingerprint density at radius 3 is 2.89 bits per heavy atom. The molecule has 3 atom stereocenters. The molecule has 1 heteroatoms. The van der Waals surface area contributed by atoms with Crippen molar-refractivity contribution < 1.29 is 0 Å². The van der Waals surface area contributed by atoms with Gasteiger partial charge in [0.15, 0.2) is 0 Å². The third-order valence-corrected chi connectivity index (χ3v) is 4.87. The lowest BCUT2D eigenvalue weighted by atomic mass is 9.76. The Labute approximate surface area is 111 Å². The summed E-state index contributed by atoms with van der Waals surface area (Å²) in [6, 6.07) is 9.87. The quantitative estimate of drug-likeness (QED) is 0.831. The zero-order valence-electron chi connectivity index (χ0n) is 11.5. The third kappa shape index (κ3) is 2.61. The summed E-state index contributed by atoms with van der Waals surface area (Å²) in [5, 5.41) is 3.65. The van der Waals surface area contributed by atoms with Crippen molar-refractivity contribution in [3.05, 3.63) is 35.4 Å². The fourth-order valence-electron chi connectivity index (χ4n) is 3.76. The first-order valence-electron chi connectivity index (χ1n) is 7.64. The second kappa shape index (κ2) is 5.44. The van der Waals surface area contributed by atoms with Gasteiger partial charge < -0.3 is 5.32 Å². The van der Waals surface area contributed by atoms with Crippen LogP contribution in [-0.4, -0.2) is 12.6 Å². The Balaban J connectivity index is 1.67. The molecular weight excluding hydrogens is 218 g/mol. The van der Waals surface area contributed by atoms with Gasteiger partial charge in [-0.15, -0.1) is 0 Å². The first kappa shape index (κ1) is 12.2. The monoisotopic (exact) mass is 243 g/mol. The Morgan fingerprint density at radius 2 is 2.06 bits per heavy atom. The fraction of sp³-hybridized carbons (Fsp3) is 0.647. The van der Waals surface area contributed by atoms with Gasteiger partial charge in [-0.05, 0) is 75.0 Å². The van der Waals surface area contributed by atoms with E-state index in [1.165, 1.54) is 45.1 Å². The Kier molecular flexibility index (Phi) is 3.69. The summed E-state index contributed by atoms with van der Waals surface area (Å²) in [5.41, 5.74) is 3.27. The van der Waals surface area contributed by atoms with Crippen LogP contribution in [0.5, 0.6) is 0 Å². The van der Waals surface area contributed by atoms with Crippen LogP contribution in [0.25, 0.3) is 0 Å². The highest BCUT2D eigenvalue weighted by Crippen LogP contribution is 2.37. The van der Waals surface area contributed by atoms with Gasteiger partial charge >= 0.3 is 0 Å². The highest BCUT2D eigenvalue weighted by atomic mass is 14.9. The Bertz CT molecular complexity index is 390. The Hall–Kier alpha value is -0.820. The van der Waals surface area contributed by atoms with Crippen molar-refractivity contribution in [1.29, 1.82) is 0 Å². The molecule has 1 aromatic rings. The van der Waals surface area contributed by atoms with Crippen molar-refractivity contribution in [2.24, 2.45) is 5.92 Å². The minimum atomic E-state index is 0.736. The number of nitrogens with one attached hydrogen (secondary N) is 1. The van der Waals surface area contributed by atoms with Gasteiger partial charge in [0.05, 0.1) is 0 Å². The minimum Gasteiger partial charge on any atom is -0.314 e. The molecule has 1 N–H and O–H groups in total. The second-order valence-electron chi connectivity index (χ2n) is 6.28. The maximum Gasteiger partial charge on any atom is 0.00389 e. The first-order chi connectivity index (χ1) is 8.83. The van der Waals surface area contributed by atoms with Gasteiger partial charge in [0.2, 0.25) is 0 Å². The largest absolute Gasteiger partial charge is 0.314 e. The van der Waals surface area contributed by atoms with Crippen molar-refractivity contribution in [1.82, 2.24) is 5.32 Å². The third-order valence-electron chi connectivity index (χ3n) is 4.87. The molecule has 0 aromatic heterocycles. The number of rotatable bonds is 2. The van der Waals surface area contributed by atoms with E-state index < -0.39 is 0 Å². The summed E-state index contributed by atoms with van der Waals surface area (Å²) in [4.78, 5) is 0. The van der Waals surface area contributed by atoms with Crippen molar-refractivity contribution in [3.63, 3.8) is 0 Å². The number of hydrogen-bond donors (Lipinski definition) is 1. The van der Waals surface area contributed by atoms with Crippen molar-refractivity contribution in [2.45, 2.75) is 57.4 Å². The normalized spacial score (nSPS) is 31.9. The number of hydrogen-bond acceptors (Lipinski definition) is 1. The van der Waals surface area contributed by atoms with E-state index in [0.29, 0.717) is 0 Å². The molecule has 3 unspecified atom stereocenters. The average Bonchev–Trinajstić information content (AvgIpc) is 2.42. The molecule has 1 aromatic carbocycles. The molecule has 1 nitrogen and oxygen atoms in total. The number of aryl methyl sites for hydroxylation is 1. The maximum absolute atomic E-state index is 3.65. The summed E-state index contributed by atoms with van der Waals surface area (Å²) >= 11 is 0. The predicted octanol–water partition coefficient (Wildman–Crippen LogP) is 3.88. The summed E-state index contributed by atoms with van der Waals surface area (Å²) in [7, 11) is 0. The molecule has 18 heavy (non-hydrogen) atoms. The maximum atomic E-state index is 3.65. The SMILES string of the molecule is CC1CCC(CC2CCCc3ccccc32)CN1. The van der Waals surface area contributed by atoms with Gasteiger partial charge in [0.25, 0.3) is 0 Å². The molecule has 1 aliphatic heterocycles. The molecule has 0 saturated carbocycles. The average molecular weight is 243 g/mol. The predicted molar refractivity (Wildman–Crippen MR) is 76.9 cm³/mol. The van der Waals surface area contributed by atoms with Crippen LogP contribution in [0, 0.1) is 5.92 Å². The molecule has 1 fully saturated rings. The number of benzene rings is 1. The standard InChI is InChI=1S/C17H25N/c1-13-9-10-14(12-18-13)11-16-7-4-6-15-5-2-3-8-17(15)16/h2-3,5,8,13-14,16,18H,4,6-7,9-12H2,1H3. The van der Waals surface area contributed by atoms with E-state index >= 15 is 0 Å². The Morgan fingerprint density at radius 1 is 1.17 bits per heavy atom. The van der Waals surface area contributed by atoms with Crippen LogP contribution < -0.4 is 5.32 Å². The van der Waals surface area contributed by atoms with Crippen LogP contribution in [0.1, 0.15) is 56.1 Å². The van der Waals surface area contributed by atoms with Gasteiger partial charge in [-0.3, -0.25) is 0 Å². The van der Waals surface area contributed by atoms with E-state index in [4.69, 9.17) is 0 Å². The topological polar surface area (TPSA) is 12.0 Å². The first-order valence-corrected chi connectivity index (χ1v) is 7.64. The van der Waals surface area contributed by atoms with E-state index in [2.05, 4.69) is 36.5 Å². The molecule has 2 aliphatic rings. The summed E-state index contributed by atoms with van der Waals surface area (Å²) in [6.45, 7) is 3.55. The molecule has 1 aliphatic carbocycles. The van der Waals surface area contributed by atoms with Gasteiger partial charge in [-0.2, -0.15) is 0 Å². The van der Waals surface area contributed by atoms with Gasteiger partial charge in [0.1, 0.15) is 0 Å². The molecule has 1 saturated heterocycles. The molecular formula is C17H25N. The smallest absolute Gasteiger partial charge is 0.00389 e. The number of fused-ring (bicyclic) bond motifs is 1. The molecule has 98 valence electrons. The van der Waals surface area contributed by atoms with Crippen molar-refractivity contribution in [3.8, 4) is 0 Å². The van der Waals surface area contributed by atoms with E-state index in [0.717, 1.165) is 17.9 Å². The van der Waals surface area contributed by atoms with Gasteiger partial charge in [-0.1, -0.05) is 24.3 Å². The zero-order valence-corrected chi connectivity index (χ0v) is 11.5. The lowest BCUT2D eigenvalue weighted by Crippen LogP contribution is -2.37. The molecule has 0 bridgehead atoms. The van der Waals surface area contributed by atoms with Gasteiger partial charge in [0, 0.05) is 6.04 Å². The molecule has 0 amide bonds. The van der Waals surface area contributed by atoms with E-state index in [1.54, 1.807) is 11.1 Å². The van der Waals surface area contributed by atoms with Crippen molar-refractivity contribution >= 4 is 0 Å². The highest BCUT2D eigenvalue weighted by Gasteiger charge is 2.25.